The highest BCUT2D eigenvalue weighted by Gasteiger charge is 2.26. The number of rotatable bonds is 4. The van der Waals surface area contributed by atoms with Gasteiger partial charge in [-0.05, 0) is 39.3 Å². The SMILES string of the molecule is Cc1ccoc1-c1nnc(SCC(=O)O)n1C(C)(C)C. The summed E-state index contributed by atoms with van der Waals surface area (Å²) in [6, 6.07) is 1.86. The number of aryl methyl sites for hydroxylation is 1. The highest BCUT2D eigenvalue weighted by molar-refractivity contribution is 7.99. The topological polar surface area (TPSA) is 81.2 Å². The van der Waals surface area contributed by atoms with Crippen molar-refractivity contribution in [2.75, 3.05) is 5.75 Å². The lowest BCUT2D eigenvalue weighted by Crippen LogP contribution is -2.24. The van der Waals surface area contributed by atoms with Gasteiger partial charge in [0.05, 0.1) is 12.0 Å². The smallest absolute Gasteiger partial charge is 0.313 e. The number of hydrogen-bond donors (Lipinski definition) is 1. The van der Waals surface area contributed by atoms with Crippen LogP contribution in [0.25, 0.3) is 11.6 Å². The summed E-state index contributed by atoms with van der Waals surface area (Å²) in [6.07, 6.45) is 1.61. The molecule has 2 rings (SSSR count). The highest BCUT2D eigenvalue weighted by Crippen LogP contribution is 2.32. The number of aromatic nitrogens is 3. The van der Waals surface area contributed by atoms with Gasteiger partial charge in [0.25, 0.3) is 0 Å². The lowest BCUT2D eigenvalue weighted by molar-refractivity contribution is -0.133. The van der Waals surface area contributed by atoms with E-state index in [9.17, 15) is 4.79 Å². The summed E-state index contributed by atoms with van der Waals surface area (Å²) in [5, 5.41) is 17.7. The van der Waals surface area contributed by atoms with Crippen molar-refractivity contribution in [3.05, 3.63) is 17.9 Å². The molecule has 0 saturated carbocycles. The van der Waals surface area contributed by atoms with Crippen molar-refractivity contribution < 1.29 is 14.3 Å². The van der Waals surface area contributed by atoms with Crippen molar-refractivity contribution in [2.45, 2.75) is 38.4 Å². The second-order valence-corrected chi connectivity index (χ2v) is 6.37. The monoisotopic (exact) mass is 295 g/mol. The van der Waals surface area contributed by atoms with Crippen LogP contribution in [0.15, 0.2) is 21.9 Å². The van der Waals surface area contributed by atoms with E-state index in [2.05, 4.69) is 10.2 Å². The van der Waals surface area contributed by atoms with Gasteiger partial charge in [-0.25, -0.2) is 0 Å². The number of carboxylic acid groups (broad SMARTS) is 1. The summed E-state index contributed by atoms with van der Waals surface area (Å²) < 4.78 is 7.39. The minimum Gasteiger partial charge on any atom is -0.481 e. The quantitative estimate of drug-likeness (QED) is 0.873. The van der Waals surface area contributed by atoms with E-state index in [4.69, 9.17) is 9.52 Å². The Morgan fingerprint density at radius 2 is 2.15 bits per heavy atom. The average Bonchev–Trinajstić information content (AvgIpc) is 2.90. The summed E-state index contributed by atoms with van der Waals surface area (Å²) in [6.45, 7) is 7.99. The first-order valence-corrected chi connectivity index (χ1v) is 7.14. The van der Waals surface area contributed by atoms with Crippen molar-refractivity contribution in [3.63, 3.8) is 0 Å². The molecule has 108 valence electrons. The Bertz CT molecular complexity index is 625. The Balaban J connectivity index is 2.49. The van der Waals surface area contributed by atoms with Crippen molar-refractivity contribution in [3.8, 4) is 11.6 Å². The van der Waals surface area contributed by atoms with Gasteiger partial charge in [-0.15, -0.1) is 10.2 Å². The summed E-state index contributed by atoms with van der Waals surface area (Å²) in [7, 11) is 0. The van der Waals surface area contributed by atoms with Gasteiger partial charge in [-0.2, -0.15) is 0 Å². The summed E-state index contributed by atoms with van der Waals surface area (Å²) in [4.78, 5) is 10.7. The van der Waals surface area contributed by atoms with E-state index < -0.39 is 5.97 Å². The molecule has 7 heteroatoms. The minimum atomic E-state index is -0.880. The third-order valence-corrected chi connectivity index (χ3v) is 3.61. The summed E-state index contributed by atoms with van der Waals surface area (Å²) >= 11 is 1.15. The maximum absolute atomic E-state index is 10.7. The molecule has 0 aliphatic carbocycles. The first-order valence-electron chi connectivity index (χ1n) is 6.15. The number of furan rings is 1. The molecule has 2 heterocycles. The molecule has 0 spiro atoms. The van der Waals surface area contributed by atoms with Crippen LogP contribution in [0.5, 0.6) is 0 Å². The molecule has 1 N–H and O–H groups in total. The number of carboxylic acids is 1. The Kier molecular flexibility index (Phi) is 3.89. The highest BCUT2D eigenvalue weighted by atomic mass is 32.2. The average molecular weight is 295 g/mol. The van der Waals surface area contributed by atoms with Gasteiger partial charge in [0.15, 0.2) is 10.9 Å². The number of aliphatic carboxylic acids is 1. The standard InChI is InChI=1S/C13H17N3O3S/c1-8-5-6-19-10(8)11-14-15-12(20-7-9(17)18)16(11)13(2,3)4/h5-6H,7H2,1-4H3,(H,17,18). The van der Waals surface area contributed by atoms with Gasteiger partial charge in [0.2, 0.25) is 5.82 Å². The van der Waals surface area contributed by atoms with Crippen LogP contribution in [-0.4, -0.2) is 31.6 Å². The van der Waals surface area contributed by atoms with Crippen LogP contribution >= 0.6 is 11.8 Å². The van der Waals surface area contributed by atoms with E-state index in [0.717, 1.165) is 17.3 Å². The molecule has 0 aromatic carbocycles. The van der Waals surface area contributed by atoms with Crippen LogP contribution in [0.2, 0.25) is 0 Å². The fourth-order valence-corrected chi connectivity index (χ4v) is 2.68. The minimum absolute atomic E-state index is 0.0502. The van der Waals surface area contributed by atoms with Gasteiger partial charge < -0.3 is 9.52 Å². The Morgan fingerprint density at radius 3 is 2.65 bits per heavy atom. The fourth-order valence-electron chi connectivity index (χ4n) is 1.84. The molecule has 20 heavy (non-hydrogen) atoms. The van der Waals surface area contributed by atoms with E-state index in [0.29, 0.717) is 16.7 Å². The van der Waals surface area contributed by atoms with Gasteiger partial charge in [0.1, 0.15) is 0 Å². The lowest BCUT2D eigenvalue weighted by atomic mass is 10.1. The Morgan fingerprint density at radius 1 is 1.45 bits per heavy atom. The molecule has 0 amide bonds. The molecular weight excluding hydrogens is 278 g/mol. The van der Waals surface area contributed by atoms with Gasteiger partial charge in [-0.1, -0.05) is 11.8 Å². The molecule has 0 atom stereocenters. The van der Waals surface area contributed by atoms with Gasteiger partial charge in [-0.3, -0.25) is 9.36 Å². The first kappa shape index (κ1) is 14.6. The molecule has 0 radical (unpaired) electrons. The van der Waals surface area contributed by atoms with Crippen LogP contribution in [0, 0.1) is 6.92 Å². The molecule has 2 aromatic heterocycles. The van der Waals surface area contributed by atoms with E-state index in [1.54, 1.807) is 6.26 Å². The van der Waals surface area contributed by atoms with Crippen LogP contribution in [0.4, 0.5) is 0 Å². The van der Waals surface area contributed by atoms with Crippen molar-refractivity contribution in [1.29, 1.82) is 0 Å². The second-order valence-electron chi connectivity index (χ2n) is 5.43. The molecule has 0 bridgehead atoms. The second kappa shape index (κ2) is 5.32. The molecule has 0 fully saturated rings. The molecular formula is C13H17N3O3S. The first-order chi connectivity index (χ1) is 9.30. The number of carbonyl (C=O) groups is 1. The van der Waals surface area contributed by atoms with E-state index >= 15 is 0 Å². The molecule has 6 nitrogen and oxygen atoms in total. The molecule has 0 unspecified atom stereocenters. The Hall–Kier alpha value is -1.76. The number of thioether (sulfide) groups is 1. The summed E-state index contributed by atoms with van der Waals surface area (Å²) in [5.74, 6) is 0.349. The maximum Gasteiger partial charge on any atom is 0.313 e. The maximum atomic E-state index is 10.7. The number of nitrogens with zero attached hydrogens (tertiary/aromatic N) is 3. The molecule has 0 saturated heterocycles. The predicted molar refractivity (Wildman–Crippen MR) is 75.8 cm³/mol. The predicted octanol–water partition coefficient (Wildman–Crippen LogP) is 2.78. The number of hydrogen-bond acceptors (Lipinski definition) is 5. The Labute approximate surface area is 121 Å². The van der Waals surface area contributed by atoms with E-state index in [1.165, 1.54) is 0 Å². The zero-order valence-electron chi connectivity index (χ0n) is 11.9. The fraction of sp³-hybridized carbons (Fsp3) is 0.462. The van der Waals surface area contributed by atoms with Crippen molar-refractivity contribution in [1.82, 2.24) is 14.8 Å². The van der Waals surface area contributed by atoms with Gasteiger partial charge in [0, 0.05) is 5.54 Å². The van der Waals surface area contributed by atoms with Crippen LogP contribution < -0.4 is 0 Å². The van der Waals surface area contributed by atoms with Gasteiger partial charge >= 0.3 is 5.97 Å². The zero-order chi connectivity index (χ0) is 14.9. The normalized spacial score (nSPS) is 11.8. The zero-order valence-corrected chi connectivity index (χ0v) is 12.7. The van der Waals surface area contributed by atoms with Crippen LogP contribution in [0.3, 0.4) is 0 Å². The third kappa shape index (κ3) is 2.87. The summed E-state index contributed by atoms with van der Waals surface area (Å²) in [5.41, 5.74) is 0.691. The molecule has 0 aliphatic heterocycles. The van der Waals surface area contributed by atoms with Crippen LogP contribution in [0.1, 0.15) is 26.3 Å². The molecule has 0 aliphatic rings. The van der Waals surface area contributed by atoms with E-state index in [1.807, 2.05) is 38.3 Å². The molecule has 2 aromatic rings. The van der Waals surface area contributed by atoms with Crippen LogP contribution in [-0.2, 0) is 10.3 Å². The lowest BCUT2D eigenvalue weighted by Gasteiger charge is -2.24. The van der Waals surface area contributed by atoms with Crippen molar-refractivity contribution in [2.24, 2.45) is 0 Å². The van der Waals surface area contributed by atoms with Crippen molar-refractivity contribution >= 4 is 17.7 Å². The largest absolute Gasteiger partial charge is 0.481 e. The third-order valence-electron chi connectivity index (χ3n) is 2.69. The van der Waals surface area contributed by atoms with E-state index in [-0.39, 0.29) is 11.3 Å².